The van der Waals surface area contributed by atoms with Gasteiger partial charge in [0.15, 0.2) is 5.82 Å². The molecule has 2 aromatic heterocycles. The molecule has 2 aromatic carbocycles. The van der Waals surface area contributed by atoms with Crippen molar-refractivity contribution in [3.63, 3.8) is 0 Å². The molecular formula is C20H18F3N7. The number of nitrogens with zero attached hydrogens (tertiary/aromatic N) is 6. The molecule has 4 aromatic rings. The average molecular weight is 413 g/mol. The summed E-state index contributed by atoms with van der Waals surface area (Å²) >= 11 is 0. The van der Waals surface area contributed by atoms with Crippen LogP contribution >= 0.6 is 0 Å². The summed E-state index contributed by atoms with van der Waals surface area (Å²) in [5.41, 5.74) is 1.83. The monoisotopic (exact) mass is 413 g/mol. The Morgan fingerprint density at radius 2 is 1.70 bits per heavy atom. The first-order valence-electron chi connectivity index (χ1n) is 9.18. The molecule has 7 nitrogen and oxygen atoms in total. The maximum Gasteiger partial charge on any atom is 0.416 e. The van der Waals surface area contributed by atoms with E-state index in [9.17, 15) is 13.2 Å². The van der Waals surface area contributed by atoms with Gasteiger partial charge in [-0.3, -0.25) is 0 Å². The number of rotatable bonds is 6. The third-order valence-corrected chi connectivity index (χ3v) is 4.74. The summed E-state index contributed by atoms with van der Waals surface area (Å²) in [7, 11) is 0. The summed E-state index contributed by atoms with van der Waals surface area (Å²) in [6.45, 7) is 2.36. The zero-order valence-corrected chi connectivity index (χ0v) is 16.0. The minimum atomic E-state index is -4.38. The van der Waals surface area contributed by atoms with Crippen LogP contribution in [-0.2, 0) is 12.7 Å². The smallest absolute Gasteiger partial charge is 0.306 e. The number of benzene rings is 2. The maximum absolute atomic E-state index is 12.8. The van der Waals surface area contributed by atoms with Crippen LogP contribution in [0.1, 0.15) is 29.9 Å². The van der Waals surface area contributed by atoms with Crippen molar-refractivity contribution in [2.45, 2.75) is 25.7 Å². The number of imidazole rings is 1. The molecule has 30 heavy (non-hydrogen) atoms. The molecule has 1 N–H and O–H groups in total. The fraction of sp³-hybridized carbons (Fsp3) is 0.200. The molecule has 10 heteroatoms. The summed E-state index contributed by atoms with van der Waals surface area (Å²) < 4.78 is 41.6. The molecule has 4 rings (SSSR count). The Hall–Kier alpha value is -3.53. The van der Waals surface area contributed by atoms with Crippen molar-refractivity contribution in [1.82, 2.24) is 35.1 Å². The van der Waals surface area contributed by atoms with E-state index in [1.54, 1.807) is 12.5 Å². The Morgan fingerprint density at radius 3 is 2.33 bits per heavy atom. The topological polar surface area (TPSA) is 73.5 Å². The molecule has 0 bridgehead atoms. The van der Waals surface area contributed by atoms with Gasteiger partial charge in [-0.05, 0) is 59.3 Å². The number of nitrogens with one attached hydrogen (secondary N) is 1. The van der Waals surface area contributed by atoms with Gasteiger partial charge in [-0.2, -0.15) is 17.9 Å². The first-order valence-corrected chi connectivity index (χ1v) is 9.18. The van der Waals surface area contributed by atoms with E-state index < -0.39 is 11.7 Å². The van der Waals surface area contributed by atoms with Crippen LogP contribution in [0.3, 0.4) is 0 Å². The molecule has 0 fully saturated rings. The van der Waals surface area contributed by atoms with Gasteiger partial charge >= 0.3 is 6.18 Å². The predicted octanol–water partition coefficient (Wildman–Crippen LogP) is 3.72. The first-order chi connectivity index (χ1) is 14.4. The van der Waals surface area contributed by atoms with Gasteiger partial charge in [-0.1, -0.05) is 12.1 Å². The Morgan fingerprint density at radius 1 is 1.00 bits per heavy atom. The van der Waals surface area contributed by atoms with Gasteiger partial charge in [0.2, 0.25) is 0 Å². The van der Waals surface area contributed by atoms with E-state index >= 15 is 0 Å². The highest BCUT2D eigenvalue weighted by Crippen LogP contribution is 2.29. The second kappa shape index (κ2) is 8.07. The zero-order chi connectivity index (χ0) is 21.1. The van der Waals surface area contributed by atoms with Crippen LogP contribution in [0.25, 0.3) is 11.4 Å². The van der Waals surface area contributed by atoms with Gasteiger partial charge in [0.25, 0.3) is 0 Å². The minimum Gasteiger partial charge on any atom is -0.306 e. The van der Waals surface area contributed by atoms with Gasteiger partial charge in [-0.15, -0.1) is 5.10 Å². The molecule has 0 amide bonds. The van der Waals surface area contributed by atoms with Crippen LogP contribution in [0.2, 0.25) is 0 Å². The lowest BCUT2D eigenvalue weighted by atomic mass is 10.1. The molecule has 0 saturated carbocycles. The lowest BCUT2D eigenvalue weighted by Crippen LogP contribution is -2.20. The Labute approximate surface area is 170 Å². The van der Waals surface area contributed by atoms with E-state index in [0.29, 0.717) is 18.1 Å². The van der Waals surface area contributed by atoms with Crippen LogP contribution in [0, 0.1) is 0 Å². The highest BCUT2D eigenvalue weighted by Gasteiger charge is 2.30. The number of alkyl halides is 3. The lowest BCUT2D eigenvalue weighted by Gasteiger charge is -2.15. The van der Waals surface area contributed by atoms with Crippen molar-refractivity contribution in [3.05, 3.63) is 84.2 Å². The molecule has 154 valence electrons. The van der Waals surface area contributed by atoms with E-state index in [-0.39, 0.29) is 6.04 Å². The Balaban J connectivity index is 1.43. The summed E-state index contributed by atoms with van der Waals surface area (Å²) in [4.78, 5) is 4.04. The van der Waals surface area contributed by atoms with Crippen LogP contribution in [0.15, 0.2) is 67.3 Å². The van der Waals surface area contributed by atoms with Crippen LogP contribution in [0.4, 0.5) is 13.2 Å². The van der Waals surface area contributed by atoms with Gasteiger partial charge in [0, 0.05) is 24.1 Å². The van der Waals surface area contributed by atoms with Gasteiger partial charge in [0.1, 0.15) is 0 Å². The van der Waals surface area contributed by atoms with Crippen molar-refractivity contribution < 1.29 is 13.2 Å². The molecule has 0 saturated heterocycles. The van der Waals surface area contributed by atoms with Crippen molar-refractivity contribution >= 4 is 0 Å². The quantitative estimate of drug-likeness (QED) is 0.522. The molecular weight excluding hydrogens is 395 g/mol. The maximum atomic E-state index is 12.8. The normalized spacial score (nSPS) is 12.8. The molecule has 2 heterocycles. The van der Waals surface area contributed by atoms with Crippen LogP contribution in [-0.4, -0.2) is 29.8 Å². The van der Waals surface area contributed by atoms with Crippen molar-refractivity contribution in [1.29, 1.82) is 0 Å². The fourth-order valence-corrected chi connectivity index (χ4v) is 3.02. The SMILES string of the molecule is C[C@H](NCc1nnnn1-c1ccc(C(F)(F)F)cc1)c1ccc(-n2ccnc2)cc1. The third kappa shape index (κ3) is 4.23. The molecule has 1 atom stereocenters. The van der Waals surface area contributed by atoms with Crippen molar-refractivity contribution in [3.8, 4) is 11.4 Å². The second-order valence-corrected chi connectivity index (χ2v) is 6.72. The third-order valence-electron chi connectivity index (χ3n) is 4.74. The average Bonchev–Trinajstić information content (AvgIpc) is 3.44. The summed E-state index contributed by atoms with van der Waals surface area (Å²) in [5.74, 6) is 0.497. The van der Waals surface area contributed by atoms with E-state index in [1.807, 2.05) is 42.0 Å². The number of hydrogen-bond acceptors (Lipinski definition) is 5. The number of tetrazole rings is 1. The second-order valence-electron chi connectivity index (χ2n) is 6.72. The predicted molar refractivity (Wildman–Crippen MR) is 103 cm³/mol. The highest BCUT2D eigenvalue weighted by molar-refractivity contribution is 5.36. The summed E-state index contributed by atoms with van der Waals surface area (Å²) in [5, 5.41) is 14.9. The summed E-state index contributed by atoms with van der Waals surface area (Å²) in [6, 6.07) is 12.8. The summed E-state index contributed by atoms with van der Waals surface area (Å²) in [6.07, 6.45) is 0.945. The standard InChI is InChI=1S/C20H18F3N7/c1-14(15-2-6-17(7-3-15)29-11-10-24-13-29)25-12-19-26-27-28-30(19)18-8-4-16(5-9-18)20(21,22)23/h2-11,13-14,25H,12H2,1H3/t14-/m0/s1. The first kappa shape index (κ1) is 19.8. The highest BCUT2D eigenvalue weighted by atomic mass is 19.4. The molecule has 0 aliphatic heterocycles. The van der Waals surface area contributed by atoms with E-state index in [2.05, 4.69) is 25.8 Å². The van der Waals surface area contributed by atoms with Crippen molar-refractivity contribution in [2.24, 2.45) is 0 Å². The van der Waals surface area contributed by atoms with E-state index in [1.165, 1.54) is 16.8 Å². The van der Waals surface area contributed by atoms with Crippen LogP contribution in [0.5, 0.6) is 0 Å². The fourth-order valence-electron chi connectivity index (χ4n) is 3.02. The number of halogens is 3. The molecule has 0 radical (unpaired) electrons. The number of aromatic nitrogens is 6. The molecule has 0 spiro atoms. The minimum absolute atomic E-state index is 0.0135. The van der Waals surface area contributed by atoms with Gasteiger partial charge < -0.3 is 9.88 Å². The zero-order valence-electron chi connectivity index (χ0n) is 16.0. The van der Waals surface area contributed by atoms with E-state index in [4.69, 9.17) is 0 Å². The van der Waals surface area contributed by atoms with Crippen LogP contribution < -0.4 is 5.32 Å². The number of hydrogen-bond donors (Lipinski definition) is 1. The van der Waals surface area contributed by atoms with Crippen molar-refractivity contribution in [2.75, 3.05) is 0 Å². The molecule has 0 aliphatic carbocycles. The van der Waals surface area contributed by atoms with E-state index in [0.717, 1.165) is 23.4 Å². The van der Waals surface area contributed by atoms with Gasteiger partial charge in [0.05, 0.1) is 24.1 Å². The largest absolute Gasteiger partial charge is 0.416 e. The molecule has 0 aliphatic rings. The Kier molecular flexibility index (Phi) is 5.32. The Bertz CT molecular complexity index is 1080. The van der Waals surface area contributed by atoms with Gasteiger partial charge in [-0.25, -0.2) is 4.98 Å². The molecule has 0 unspecified atom stereocenters. The lowest BCUT2D eigenvalue weighted by molar-refractivity contribution is -0.137.